The third-order valence-corrected chi connectivity index (χ3v) is 7.00. The molecule has 1 aliphatic heterocycles. The van der Waals surface area contributed by atoms with Gasteiger partial charge < -0.3 is 9.84 Å². The second-order valence-electron chi connectivity index (χ2n) is 7.63. The van der Waals surface area contributed by atoms with E-state index in [1.165, 1.54) is 11.0 Å². The van der Waals surface area contributed by atoms with Crippen LogP contribution in [0.3, 0.4) is 0 Å². The lowest BCUT2D eigenvalue weighted by Gasteiger charge is -2.24. The zero-order valence-electron chi connectivity index (χ0n) is 18.9. The Balaban J connectivity index is 1.78. The first-order valence-corrected chi connectivity index (χ1v) is 12.4. The lowest BCUT2D eigenvalue weighted by Crippen LogP contribution is -2.30. The number of hydrogen-bond donors (Lipinski definition) is 1. The monoisotopic (exact) mass is 552 g/mol. The average Bonchev–Trinajstić information content (AvgIpc) is 3.36. The van der Waals surface area contributed by atoms with Crippen molar-refractivity contribution in [2.75, 3.05) is 11.5 Å². The summed E-state index contributed by atoms with van der Waals surface area (Å²) in [5, 5.41) is 11.0. The summed E-state index contributed by atoms with van der Waals surface area (Å²) in [7, 11) is 0. The number of aliphatic hydroxyl groups excluding tert-OH is 1. The number of ketones is 1. The zero-order chi connectivity index (χ0) is 25.1. The number of amides is 1. The van der Waals surface area contributed by atoms with E-state index in [1.807, 2.05) is 30.3 Å². The van der Waals surface area contributed by atoms with Gasteiger partial charge in [-0.05, 0) is 43.2 Å². The number of esters is 1. The summed E-state index contributed by atoms with van der Waals surface area (Å²) in [6.45, 7) is 3.54. The number of aliphatic hydroxyl groups is 1. The highest BCUT2D eigenvalue weighted by Crippen LogP contribution is 2.43. The van der Waals surface area contributed by atoms with E-state index in [0.717, 1.165) is 21.4 Å². The van der Waals surface area contributed by atoms with E-state index in [9.17, 15) is 19.5 Å². The number of benzene rings is 2. The van der Waals surface area contributed by atoms with E-state index < -0.39 is 29.5 Å². The number of ether oxygens (including phenoxy) is 1. The number of allylic oxidation sites excluding steroid dienone is 1. The molecule has 7 nitrogen and oxygen atoms in total. The first-order chi connectivity index (χ1) is 16.8. The van der Waals surface area contributed by atoms with E-state index in [0.29, 0.717) is 11.3 Å². The Morgan fingerprint density at radius 3 is 2.51 bits per heavy atom. The molecule has 9 heteroatoms. The molecule has 35 heavy (non-hydrogen) atoms. The fraction of sp³-hybridized carbons (Fsp3) is 0.154. The van der Waals surface area contributed by atoms with Gasteiger partial charge in [-0.1, -0.05) is 75.8 Å². The van der Waals surface area contributed by atoms with Crippen LogP contribution in [0.1, 0.15) is 39.5 Å². The lowest BCUT2D eigenvalue weighted by atomic mass is 9.96. The molecule has 0 saturated heterocycles. The van der Waals surface area contributed by atoms with E-state index >= 15 is 0 Å². The Kier molecular flexibility index (Phi) is 7.28. The molecule has 3 aromatic rings. The molecule has 0 radical (unpaired) electrons. The Labute approximate surface area is 214 Å². The predicted octanol–water partition coefficient (Wildman–Crippen LogP) is 5.57. The maximum Gasteiger partial charge on any atom is 0.350 e. The van der Waals surface area contributed by atoms with Crippen molar-refractivity contribution in [1.29, 1.82) is 0 Å². The number of nitrogens with zero attached hydrogens (tertiary/aromatic N) is 2. The molecule has 1 atom stereocenters. The van der Waals surface area contributed by atoms with Crippen molar-refractivity contribution in [1.82, 2.24) is 4.98 Å². The van der Waals surface area contributed by atoms with Gasteiger partial charge >= 0.3 is 5.97 Å². The van der Waals surface area contributed by atoms with Gasteiger partial charge in [0.1, 0.15) is 4.88 Å². The topological polar surface area (TPSA) is 96.8 Å². The molecule has 0 spiro atoms. The molecule has 4 rings (SSSR count). The second-order valence-corrected chi connectivity index (χ2v) is 9.52. The fourth-order valence-electron chi connectivity index (χ4n) is 3.71. The Bertz CT molecular complexity index is 1350. The van der Waals surface area contributed by atoms with Crippen LogP contribution < -0.4 is 4.90 Å². The Morgan fingerprint density at radius 1 is 1.17 bits per heavy atom. The van der Waals surface area contributed by atoms with Crippen molar-refractivity contribution in [3.8, 4) is 0 Å². The minimum absolute atomic E-state index is 0.0601. The number of anilines is 1. The fourth-order valence-corrected chi connectivity index (χ4v) is 4.96. The maximum absolute atomic E-state index is 13.3. The van der Waals surface area contributed by atoms with Gasteiger partial charge in [-0.25, -0.2) is 9.78 Å². The number of rotatable bonds is 7. The molecule has 0 bridgehead atoms. The molecule has 178 valence electrons. The molecule has 2 heterocycles. The molecule has 1 N–H and O–H groups in total. The van der Waals surface area contributed by atoms with Crippen molar-refractivity contribution < 1.29 is 24.2 Å². The van der Waals surface area contributed by atoms with Crippen LogP contribution in [0.2, 0.25) is 0 Å². The summed E-state index contributed by atoms with van der Waals surface area (Å²) in [5.41, 5.74) is 1.74. The number of halogens is 1. The second kappa shape index (κ2) is 10.4. The Morgan fingerprint density at radius 2 is 1.86 bits per heavy atom. The number of aromatic nitrogens is 1. The SMILES string of the molecule is CCOC(=O)c1sc(N2C(=O)C(O)=C(C(=O)C=Cc3ccccc3)C2c2ccc(Br)cc2)nc1C. The highest BCUT2D eigenvalue weighted by molar-refractivity contribution is 9.10. The maximum atomic E-state index is 13.3. The van der Waals surface area contributed by atoms with Crippen molar-refractivity contribution in [2.45, 2.75) is 19.9 Å². The van der Waals surface area contributed by atoms with Crippen LogP contribution >= 0.6 is 27.3 Å². The average molecular weight is 553 g/mol. The molecule has 1 unspecified atom stereocenters. The normalized spacial score (nSPS) is 15.8. The molecule has 1 aromatic heterocycles. The predicted molar refractivity (Wildman–Crippen MR) is 137 cm³/mol. The molecular weight excluding hydrogens is 532 g/mol. The van der Waals surface area contributed by atoms with Crippen LogP contribution in [-0.2, 0) is 14.3 Å². The van der Waals surface area contributed by atoms with Crippen molar-refractivity contribution in [2.24, 2.45) is 0 Å². The van der Waals surface area contributed by atoms with Gasteiger partial charge in [-0.15, -0.1) is 0 Å². The highest BCUT2D eigenvalue weighted by Gasteiger charge is 2.45. The number of carbonyl (C=O) groups excluding carboxylic acids is 3. The van der Waals surface area contributed by atoms with E-state index in [1.54, 1.807) is 44.2 Å². The molecule has 2 aromatic carbocycles. The van der Waals surface area contributed by atoms with Crippen LogP contribution in [0.15, 0.2) is 76.5 Å². The summed E-state index contributed by atoms with van der Waals surface area (Å²) in [6.07, 6.45) is 2.96. The molecular formula is C26H21BrN2O5S. The van der Waals surface area contributed by atoms with Crippen molar-refractivity contribution in [3.63, 3.8) is 0 Å². The summed E-state index contributed by atoms with van der Waals surface area (Å²) < 4.78 is 5.91. The molecule has 0 saturated carbocycles. The third kappa shape index (κ3) is 4.96. The molecule has 0 aliphatic carbocycles. The van der Waals surface area contributed by atoms with Crippen molar-refractivity contribution >= 4 is 56.1 Å². The summed E-state index contributed by atoms with van der Waals surface area (Å²) in [4.78, 5) is 44.8. The van der Waals surface area contributed by atoms with E-state index in [-0.39, 0.29) is 22.2 Å². The largest absolute Gasteiger partial charge is 0.503 e. The minimum atomic E-state index is -0.927. The summed E-state index contributed by atoms with van der Waals surface area (Å²) in [6, 6.07) is 15.4. The summed E-state index contributed by atoms with van der Waals surface area (Å²) >= 11 is 4.37. The first kappa shape index (κ1) is 24.6. The number of thiazole rings is 1. The highest BCUT2D eigenvalue weighted by atomic mass is 79.9. The van der Waals surface area contributed by atoms with Gasteiger partial charge in [0.2, 0.25) is 0 Å². The zero-order valence-corrected chi connectivity index (χ0v) is 21.3. The Hall–Kier alpha value is -3.56. The van der Waals surface area contributed by atoms with Gasteiger partial charge in [-0.3, -0.25) is 14.5 Å². The first-order valence-electron chi connectivity index (χ1n) is 10.8. The van der Waals surface area contributed by atoms with Crippen LogP contribution in [-0.4, -0.2) is 34.4 Å². The van der Waals surface area contributed by atoms with Crippen molar-refractivity contribution in [3.05, 3.63) is 98.2 Å². The van der Waals surface area contributed by atoms with Gasteiger partial charge in [0.05, 0.1) is 23.9 Å². The van der Waals surface area contributed by atoms with Gasteiger partial charge in [0.15, 0.2) is 16.7 Å². The van der Waals surface area contributed by atoms with Crippen LogP contribution in [0, 0.1) is 6.92 Å². The molecule has 0 fully saturated rings. The van der Waals surface area contributed by atoms with E-state index in [4.69, 9.17) is 4.74 Å². The van der Waals surface area contributed by atoms with Gasteiger partial charge in [0.25, 0.3) is 5.91 Å². The van der Waals surface area contributed by atoms with E-state index in [2.05, 4.69) is 20.9 Å². The van der Waals surface area contributed by atoms with Crippen LogP contribution in [0.25, 0.3) is 6.08 Å². The number of aryl methyl sites for hydroxylation is 1. The smallest absolute Gasteiger partial charge is 0.350 e. The van der Waals surface area contributed by atoms with Gasteiger partial charge in [-0.2, -0.15) is 0 Å². The quantitative estimate of drug-likeness (QED) is 0.304. The minimum Gasteiger partial charge on any atom is -0.503 e. The van der Waals surface area contributed by atoms with Crippen LogP contribution in [0.5, 0.6) is 0 Å². The molecule has 1 amide bonds. The van der Waals surface area contributed by atoms with Crippen LogP contribution in [0.4, 0.5) is 5.13 Å². The number of hydrogen-bond acceptors (Lipinski definition) is 7. The molecule has 1 aliphatic rings. The lowest BCUT2D eigenvalue weighted by molar-refractivity contribution is -0.117. The standard InChI is InChI=1S/C26H21BrN2O5S/c1-3-34-25(33)23-15(2)28-26(35-23)29-21(17-10-12-18(27)13-11-17)20(22(31)24(29)32)19(30)14-9-16-7-5-4-6-8-16/h4-14,21,31H,3H2,1-2H3. The number of carbonyl (C=O) groups is 3. The van der Waals surface area contributed by atoms with Gasteiger partial charge in [0, 0.05) is 4.47 Å². The summed E-state index contributed by atoms with van der Waals surface area (Å²) in [5.74, 6) is -2.46. The third-order valence-electron chi connectivity index (χ3n) is 5.34.